The Morgan fingerprint density at radius 2 is 2.20 bits per heavy atom. The van der Waals surface area contributed by atoms with Crippen LogP contribution in [0.2, 0.25) is 0 Å². The molecule has 2 aliphatic rings. The van der Waals surface area contributed by atoms with Crippen LogP contribution in [-0.2, 0) is 12.8 Å². The fourth-order valence-corrected chi connectivity index (χ4v) is 4.36. The first-order chi connectivity index (χ1) is 9.74. The number of thiophene rings is 1. The summed E-state index contributed by atoms with van der Waals surface area (Å²) in [6, 6.07) is 2.42. The van der Waals surface area contributed by atoms with Crippen molar-refractivity contribution in [3.05, 3.63) is 21.4 Å². The Morgan fingerprint density at radius 3 is 3.05 bits per heavy atom. The maximum atomic E-state index is 12.4. The first-order valence-corrected chi connectivity index (χ1v) is 8.69. The molecule has 2 atom stereocenters. The van der Waals surface area contributed by atoms with E-state index in [1.54, 1.807) is 11.3 Å². The van der Waals surface area contributed by atoms with Gasteiger partial charge in [-0.05, 0) is 56.2 Å². The molecule has 0 saturated carbocycles. The number of aryl methyl sites for hydroxylation is 2. The predicted molar refractivity (Wildman–Crippen MR) is 83.5 cm³/mol. The molecule has 110 valence electrons. The second-order valence-corrected chi connectivity index (χ2v) is 7.31. The van der Waals surface area contributed by atoms with Crippen molar-refractivity contribution in [3.63, 3.8) is 0 Å². The Morgan fingerprint density at radius 1 is 1.35 bits per heavy atom. The van der Waals surface area contributed by atoms with Crippen LogP contribution in [0, 0.1) is 5.92 Å². The normalized spacial score (nSPS) is 26.6. The highest BCUT2D eigenvalue weighted by molar-refractivity contribution is 7.14. The van der Waals surface area contributed by atoms with Crippen LogP contribution in [0.1, 0.15) is 52.7 Å². The van der Waals surface area contributed by atoms with Crippen molar-refractivity contribution >= 4 is 17.2 Å². The number of rotatable bonds is 2. The highest BCUT2D eigenvalue weighted by atomic mass is 32.1. The fraction of sp³-hybridized carbons (Fsp3) is 0.688. The summed E-state index contributed by atoms with van der Waals surface area (Å²) < 4.78 is 0. The van der Waals surface area contributed by atoms with Crippen molar-refractivity contribution in [2.24, 2.45) is 5.92 Å². The van der Waals surface area contributed by atoms with Crippen LogP contribution in [-0.4, -0.2) is 25.0 Å². The summed E-state index contributed by atoms with van der Waals surface area (Å²) in [6.07, 6.45) is 7.34. The lowest BCUT2D eigenvalue weighted by Crippen LogP contribution is -2.50. The van der Waals surface area contributed by atoms with Gasteiger partial charge in [-0.1, -0.05) is 13.3 Å². The van der Waals surface area contributed by atoms with E-state index in [2.05, 4.69) is 23.6 Å². The number of carbonyl (C=O) groups excluding carboxylic acids is 1. The topological polar surface area (TPSA) is 41.1 Å². The smallest absolute Gasteiger partial charge is 0.261 e. The van der Waals surface area contributed by atoms with E-state index in [1.165, 1.54) is 29.7 Å². The van der Waals surface area contributed by atoms with E-state index in [-0.39, 0.29) is 11.9 Å². The molecule has 0 radical (unpaired) electrons. The second kappa shape index (κ2) is 6.27. The molecule has 1 fully saturated rings. The number of amides is 1. The monoisotopic (exact) mass is 292 g/mol. The lowest BCUT2D eigenvalue weighted by molar-refractivity contribution is 0.0919. The molecule has 2 unspecified atom stereocenters. The maximum Gasteiger partial charge on any atom is 0.261 e. The van der Waals surface area contributed by atoms with Crippen molar-refractivity contribution in [1.82, 2.24) is 10.6 Å². The molecule has 3 nitrogen and oxygen atoms in total. The van der Waals surface area contributed by atoms with Gasteiger partial charge in [-0.15, -0.1) is 11.3 Å². The van der Waals surface area contributed by atoms with Crippen LogP contribution < -0.4 is 10.6 Å². The third-order valence-electron chi connectivity index (χ3n) is 4.61. The molecule has 3 rings (SSSR count). The van der Waals surface area contributed by atoms with Crippen LogP contribution in [0.5, 0.6) is 0 Å². The van der Waals surface area contributed by atoms with E-state index in [0.717, 1.165) is 37.2 Å². The quantitative estimate of drug-likeness (QED) is 0.823. The summed E-state index contributed by atoms with van der Waals surface area (Å²) in [5.41, 5.74) is 1.42. The number of fused-ring (bicyclic) bond motifs is 1. The fourth-order valence-electron chi connectivity index (χ4n) is 3.20. The van der Waals surface area contributed by atoms with Crippen LogP contribution in [0.3, 0.4) is 0 Å². The van der Waals surface area contributed by atoms with Crippen molar-refractivity contribution in [2.75, 3.05) is 13.1 Å². The molecule has 1 amide bonds. The average Bonchev–Trinajstić information content (AvgIpc) is 2.73. The maximum absolute atomic E-state index is 12.4. The van der Waals surface area contributed by atoms with Gasteiger partial charge < -0.3 is 10.6 Å². The Bertz CT molecular complexity index is 459. The highest BCUT2D eigenvalue weighted by Gasteiger charge is 2.24. The van der Waals surface area contributed by atoms with Gasteiger partial charge in [0, 0.05) is 17.5 Å². The minimum atomic E-state index is 0.128. The third-order valence-corrected chi connectivity index (χ3v) is 5.85. The average molecular weight is 292 g/mol. The first kappa shape index (κ1) is 14.1. The molecule has 1 saturated heterocycles. The summed E-state index contributed by atoms with van der Waals surface area (Å²) in [4.78, 5) is 14.8. The molecule has 2 heterocycles. The highest BCUT2D eigenvalue weighted by Crippen LogP contribution is 2.29. The zero-order valence-electron chi connectivity index (χ0n) is 12.2. The van der Waals surface area contributed by atoms with Crippen LogP contribution in [0.4, 0.5) is 0 Å². The van der Waals surface area contributed by atoms with E-state index in [4.69, 9.17) is 0 Å². The Kier molecular flexibility index (Phi) is 4.41. The van der Waals surface area contributed by atoms with Crippen molar-refractivity contribution in [3.8, 4) is 0 Å². The van der Waals surface area contributed by atoms with Gasteiger partial charge in [0.1, 0.15) is 0 Å². The number of piperidine rings is 1. The van der Waals surface area contributed by atoms with Crippen LogP contribution in [0.15, 0.2) is 6.07 Å². The van der Waals surface area contributed by atoms with Crippen LogP contribution in [0.25, 0.3) is 0 Å². The lowest BCUT2D eigenvalue weighted by atomic mass is 9.95. The molecule has 20 heavy (non-hydrogen) atoms. The molecule has 0 bridgehead atoms. The molecule has 1 aromatic heterocycles. The molecule has 4 heteroatoms. The molecular formula is C16H24N2OS. The van der Waals surface area contributed by atoms with Gasteiger partial charge in [-0.2, -0.15) is 0 Å². The zero-order chi connectivity index (χ0) is 13.9. The molecule has 1 aliphatic heterocycles. The number of nitrogens with one attached hydrogen (secondary N) is 2. The molecule has 1 aromatic rings. The Balaban J connectivity index is 1.68. The van der Waals surface area contributed by atoms with E-state index in [9.17, 15) is 4.79 Å². The van der Waals surface area contributed by atoms with E-state index in [1.807, 2.05) is 0 Å². The van der Waals surface area contributed by atoms with Crippen molar-refractivity contribution < 1.29 is 4.79 Å². The van der Waals surface area contributed by atoms with Crippen LogP contribution >= 0.6 is 11.3 Å². The number of carbonyl (C=O) groups is 1. The lowest BCUT2D eigenvalue weighted by Gasteiger charge is -2.30. The minimum absolute atomic E-state index is 0.128. The SMILES string of the molecule is CC1CCNCC1NC(=O)c1cc2c(s1)CCCCC2. The summed E-state index contributed by atoms with van der Waals surface area (Å²) in [6.45, 7) is 4.20. The van der Waals surface area contributed by atoms with Gasteiger partial charge in [0.25, 0.3) is 5.91 Å². The number of hydrogen-bond acceptors (Lipinski definition) is 3. The molecule has 0 spiro atoms. The second-order valence-electron chi connectivity index (χ2n) is 6.17. The van der Waals surface area contributed by atoms with E-state index >= 15 is 0 Å². The van der Waals surface area contributed by atoms with Gasteiger partial charge in [0.15, 0.2) is 0 Å². The van der Waals surface area contributed by atoms with Gasteiger partial charge in [0.05, 0.1) is 4.88 Å². The van der Waals surface area contributed by atoms with Gasteiger partial charge in [0.2, 0.25) is 0 Å². The first-order valence-electron chi connectivity index (χ1n) is 7.87. The standard InChI is InChI=1S/C16H24N2OS/c1-11-7-8-17-10-13(11)18-16(19)15-9-12-5-3-2-4-6-14(12)20-15/h9,11,13,17H,2-8,10H2,1H3,(H,18,19). The molecule has 2 N–H and O–H groups in total. The molecular weight excluding hydrogens is 268 g/mol. The largest absolute Gasteiger partial charge is 0.347 e. The van der Waals surface area contributed by atoms with E-state index < -0.39 is 0 Å². The predicted octanol–water partition coefficient (Wildman–Crippen LogP) is 2.74. The minimum Gasteiger partial charge on any atom is -0.347 e. The summed E-state index contributed by atoms with van der Waals surface area (Å²) in [5, 5.41) is 6.59. The number of hydrogen-bond donors (Lipinski definition) is 2. The van der Waals surface area contributed by atoms with Gasteiger partial charge >= 0.3 is 0 Å². The van der Waals surface area contributed by atoms with E-state index in [0.29, 0.717) is 5.92 Å². The summed E-state index contributed by atoms with van der Waals surface area (Å²) >= 11 is 1.71. The molecule has 0 aromatic carbocycles. The van der Waals surface area contributed by atoms with Gasteiger partial charge in [-0.3, -0.25) is 4.79 Å². The third kappa shape index (κ3) is 3.07. The van der Waals surface area contributed by atoms with Crippen molar-refractivity contribution in [2.45, 2.75) is 51.5 Å². The summed E-state index contributed by atoms with van der Waals surface area (Å²) in [5.74, 6) is 0.696. The van der Waals surface area contributed by atoms with Crippen molar-refractivity contribution in [1.29, 1.82) is 0 Å². The Hall–Kier alpha value is -0.870. The molecule has 1 aliphatic carbocycles. The van der Waals surface area contributed by atoms with Gasteiger partial charge in [-0.25, -0.2) is 0 Å². The summed E-state index contributed by atoms with van der Waals surface area (Å²) in [7, 11) is 0. The Labute approximate surface area is 125 Å². The zero-order valence-corrected chi connectivity index (χ0v) is 13.0.